The Morgan fingerprint density at radius 2 is 2.00 bits per heavy atom. The summed E-state index contributed by atoms with van der Waals surface area (Å²) >= 11 is 0. The van der Waals surface area contributed by atoms with Gasteiger partial charge in [-0.3, -0.25) is 0 Å². The minimum Gasteiger partial charge on any atom is -0.310 e. The molecule has 1 aromatic carbocycles. The topological polar surface area (TPSA) is 12.0 Å². The van der Waals surface area contributed by atoms with E-state index in [4.69, 9.17) is 0 Å². The predicted octanol–water partition coefficient (Wildman–Crippen LogP) is 5.24. The highest BCUT2D eigenvalue weighted by Crippen LogP contribution is 2.37. The minimum atomic E-state index is -4.26. The Bertz CT molecular complexity index is 464. The molecule has 0 aliphatic heterocycles. The van der Waals surface area contributed by atoms with Crippen molar-refractivity contribution in [2.45, 2.75) is 58.2 Å². The van der Waals surface area contributed by atoms with E-state index in [9.17, 15) is 13.2 Å². The first-order valence-electron chi connectivity index (χ1n) is 7.83. The van der Waals surface area contributed by atoms with E-state index >= 15 is 0 Å². The van der Waals surface area contributed by atoms with Gasteiger partial charge in [-0.25, -0.2) is 0 Å². The highest BCUT2D eigenvalue weighted by molar-refractivity contribution is 5.34. The summed E-state index contributed by atoms with van der Waals surface area (Å²) < 4.78 is 38.3. The lowest BCUT2D eigenvalue weighted by molar-refractivity contribution is -0.137. The van der Waals surface area contributed by atoms with Crippen molar-refractivity contribution < 1.29 is 13.2 Å². The van der Waals surface area contributed by atoms with Gasteiger partial charge in [0.1, 0.15) is 0 Å². The van der Waals surface area contributed by atoms with E-state index in [1.54, 1.807) is 13.0 Å². The van der Waals surface area contributed by atoms with Crippen LogP contribution in [0, 0.1) is 12.8 Å². The van der Waals surface area contributed by atoms with Crippen molar-refractivity contribution >= 4 is 0 Å². The maximum Gasteiger partial charge on any atom is 0.416 e. The highest BCUT2D eigenvalue weighted by Gasteiger charge is 2.31. The van der Waals surface area contributed by atoms with Crippen molar-refractivity contribution in [3.05, 3.63) is 34.9 Å². The third-order valence-electron chi connectivity index (χ3n) is 4.41. The third kappa shape index (κ3) is 4.22. The molecule has 0 heterocycles. The fourth-order valence-corrected chi connectivity index (χ4v) is 2.94. The second kappa shape index (κ2) is 6.82. The SMILES string of the molecule is CCCNC(CC1CCC1)c1ccc(C(F)(F)F)cc1C. The zero-order valence-electron chi connectivity index (χ0n) is 12.8. The molecular formula is C17H24F3N. The molecular weight excluding hydrogens is 275 g/mol. The average Bonchev–Trinajstić information content (AvgIpc) is 2.36. The van der Waals surface area contributed by atoms with Crippen LogP contribution in [0.5, 0.6) is 0 Å². The van der Waals surface area contributed by atoms with Gasteiger partial charge in [0, 0.05) is 6.04 Å². The molecule has 0 amide bonds. The fraction of sp³-hybridized carbons (Fsp3) is 0.647. The summed E-state index contributed by atoms with van der Waals surface area (Å²) in [7, 11) is 0. The van der Waals surface area contributed by atoms with Crippen molar-refractivity contribution in [3.8, 4) is 0 Å². The molecule has 21 heavy (non-hydrogen) atoms. The second-order valence-electron chi connectivity index (χ2n) is 6.11. The van der Waals surface area contributed by atoms with Gasteiger partial charge in [-0.15, -0.1) is 0 Å². The van der Waals surface area contributed by atoms with Crippen LogP contribution in [-0.4, -0.2) is 6.54 Å². The van der Waals surface area contributed by atoms with Crippen LogP contribution < -0.4 is 5.32 Å². The fourth-order valence-electron chi connectivity index (χ4n) is 2.94. The monoisotopic (exact) mass is 299 g/mol. The van der Waals surface area contributed by atoms with Crippen molar-refractivity contribution in [2.24, 2.45) is 5.92 Å². The average molecular weight is 299 g/mol. The lowest BCUT2D eigenvalue weighted by Gasteiger charge is -2.31. The molecule has 118 valence electrons. The minimum absolute atomic E-state index is 0.178. The molecule has 1 aliphatic rings. The standard InChI is InChI=1S/C17H24F3N/c1-3-9-21-16(11-13-5-4-6-13)15-8-7-14(10-12(15)2)17(18,19)20/h7-8,10,13,16,21H,3-6,9,11H2,1-2H3. The maximum atomic E-state index is 12.8. The van der Waals surface area contributed by atoms with Crippen LogP contribution in [-0.2, 0) is 6.18 Å². The second-order valence-corrected chi connectivity index (χ2v) is 6.11. The normalized spacial score (nSPS) is 17.6. The molecule has 4 heteroatoms. The number of rotatable bonds is 6. The Morgan fingerprint density at radius 1 is 1.29 bits per heavy atom. The van der Waals surface area contributed by atoms with Crippen LogP contribution in [0.2, 0.25) is 0 Å². The summed E-state index contributed by atoms with van der Waals surface area (Å²) in [5.41, 5.74) is 1.20. The van der Waals surface area contributed by atoms with E-state index in [-0.39, 0.29) is 6.04 Å². The van der Waals surface area contributed by atoms with Gasteiger partial charge in [0.25, 0.3) is 0 Å². The molecule has 0 saturated heterocycles. The molecule has 1 N–H and O–H groups in total. The summed E-state index contributed by atoms with van der Waals surface area (Å²) in [5, 5.41) is 3.50. The number of hydrogen-bond acceptors (Lipinski definition) is 1. The summed E-state index contributed by atoms with van der Waals surface area (Å²) in [6, 6.07) is 4.32. The molecule has 0 spiro atoms. The largest absolute Gasteiger partial charge is 0.416 e. The molecule has 1 saturated carbocycles. The van der Waals surface area contributed by atoms with Crippen LogP contribution in [0.15, 0.2) is 18.2 Å². The van der Waals surface area contributed by atoms with Crippen LogP contribution in [0.4, 0.5) is 13.2 Å². The highest BCUT2D eigenvalue weighted by atomic mass is 19.4. The predicted molar refractivity (Wildman–Crippen MR) is 79.2 cm³/mol. The first-order valence-corrected chi connectivity index (χ1v) is 7.83. The number of nitrogens with one attached hydrogen (secondary N) is 1. The Hall–Kier alpha value is -1.03. The van der Waals surface area contributed by atoms with Gasteiger partial charge < -0.3 is 5.32 Å². The first-order chi connectivity index (χ1) is 9.91. The van der Waals surface area contributed by atoms with Gasteiger partial charge in [0.2, 0.25) is 0 Å². The van der Waals surface area contributed by atoms with Gasteiger partial charge >= 0.3 is 6.18 Å². The van der Waals surface area contributed by atoms with Gasteiger partial charge in [-0.1, -0.05) is 32.3 Å². The van der Waals surface area contributed by atoms with Gasteiger partial charge in [0.05, 0.1) is 5.56 Å². The smallest absolute Gasteiger partial charge is 0.310 e. The molecule has 1 aliphatic carbocycles. The van der Waals surface area contributed by atoms with Crippen LogP contribution >= 0.6 is 0 Å². The van der Waals surface area contributed by atoms with Crippen LogP contribution in [0.3, 0.4) is 0 Å². The Balaban J connectivity index is 2.17. The summed E-state index contributed by atoms with van der Waals surface area (Å²) in [5.74, 6) is 0.723. The molecule has 1 nitrogen and oxygen atoms in total. The van der Waals surface area contributed by atoms with Crippen molar-refractivity contribution in [3.63, 3.8) is 0 Å². The Labute approximate surface area is 124 Å². The molecule has 0 radical (unpaired) electrons. The number of benzene rings is 1. The molecule has 0 aromatic heterocycles. The zero-order valence-corrected chi connectivity index (χ0v) is 12.8. The van der Waals surface area contributed by atoms with E-state index < -0.39 is 11.7 Å². The number of aryl methyl sites for hydroxylation is 1. The summed E-state index contributed by atoms with van der Waals surface area (Å²) in [4.78, 5) is 0. The van der Waals surface area contributed by atoms with E-state index in [0.29, 0.717) is 0 Å². The summed E-state index contributed by atoms with van der Waals surface area (Å²) in [6.45, 7) is 4.79. The van der Waals surface area contributed by atoms with Crippen molar-refractivity contribution in [1.82, 2.24) is 5.32 Å². The molecule has 1 fully saturated rings. The Morgan fingerprint density at radius 3 is 2.48 bits per heavy atom. The van der Waals surface area contributed by atoms with Gasteiger partial charge in [-0.2, -0.15) is 13.2 Å². The van der Waals surface area contributed by atoms with Crippen molar-refractivity contribution in [2.75, 3.05) is 6.54 Å². The number of halogens is 3. The van der Waals surface area contributed by atoms with E-state index in [1.807, 2.05) is 0 Å². The molecule has 1 atom stereocenters. The van der Waals surface area contributed by atoms with E-state index in [2.05, 4.69) is 12.2 Å². The van der Waals surface area contributed by atoms with E-state index in [0.717, 1.165) is 36.4 Å². The maximum absolute atomic E-state index is 12.8. The molecule has 0 bridgehead atoms. The number of hydrogen-bond donors (Lipinski definition) is 1. The molecule has 1 unspecified atom stereocenters. The van der Waals surface area contributed by atoms with Crippen molar-refractivity contribution in [1.29, 1.82) is 0 Å². The van der Waals surface area contributed by atoms with Crippen LogP contribution in [0.25, 0.3) is 0 Å². The van der Waals surface area contributed by atoms with Gasteiger partial charge in [-0.05, 0) is 55.5 Å². The summed E-state index contributed by atoms with van der Waals surface area (Å²) in [6.07, 6.45) is 1.60. The van der Waals surface area contributed by atoms with Gasteiger partial charge in [0.15, 0.2) is 0 Å². The lowest BCUT2D eigenvalue weighted by atomic mass is 9.79. The zero-order chi connectivity index (χ0) is 15.5. The third-order valence-corrected chi connectivity index (χ3v) is 4.41. The quantitative estimate of drug-likeness (QED) is 0.757. The van der Waals surface area contributed by atoms with E-state index in [1.165, 1.54) is 31.4 Å². The molecule has 2 rings (SSSR count). The number of alkyl halides is 3. The van der Waals surface area contributed by atoms with Crippen LogP contribution in [0.1, 0.15) is 61.8 Å². The molecule has 1 aromatic rings. The Kier molecular flexibility index (Phi) is 5.31. The first kappa shape index (κ1) is 16.3. The lowest BCUT2D eigenvalue weighted by Crippen LogP contribution is -2.27.